The van der Waals surface area contributed by atoms with Gasteiger partial charge in [0.25, 0.3) is 0 Å². The van der Waals surface area contributed by atoms with Crippen molar-refractivity contribution in [3.05, 3.63) is 83.9 Å². The molecule has 0 fully saturated rings. The predicted octanol–water partition coefficient (Wildman–Crippen LogP) is 4.56. The second kappa shape index (κ2) is 11.3. The van der Waals surface area contributed by atoms with Crippen LogP contribution in [0, 0.1) is 0 Å². The molecule has 4 rings (SSSR count). The molecule has 37 heavy (non-hydrogen) atoms. The molecule has 1 aromatic heterocycles. The van der Waals surface area contributed by atoms with E-state index in [1.807, 2.05) is 30.3 Å². The second-order valence-corrected chi connectivity index (χ2v) is 11.2. The van der Waals surface area contributed by atoms with Gasteiger partial charge in [-0.15, -0.1) is 10.2 Å². The molecule has 0 aliphatic carbocycles. The highest BCUT2D eigenvalue weighted by molar-refractivity contribution is 8.31. The minimum atomic E-state index is -4.44. The first-order valence-corrected chi connectivity index (χ1v) is 13.6. The second-order valence-electron chi connectivity index (χ2n) is 7.86. The van der Waals surface area contributed by atoms with Crippen molar-refractivity contribution in [3.63, 3.8) is 0 Å². The van der Waals surface area contributed by atoms with E-state index in [1.54, 1.807) is 18.2 Å². The molecular weight excluding hydrogens is 525 g/mol. The van der Waals surface area contributed by atoms with Crippen LogP contribution in [-0.2, 0) is 43.9 Å². The van der Waals surface area contributed by atoms with E-state index >= 15 is 0 Å². The van der Waals surface area contributed by atoms with Crippen molar-refractivity contribution in [2.75, 3.05) is 19.0 Å². The van der Waals surface area contributed by atoms with Crippen molar-refractivity contribution in [1.82, 2.24) is 24.9 Å². The van der Waals surface area contributed by atoms with Gasteiger partial charge in [-0.1, -0.05) is 30.3 Å². The van der Waals surface area contributed by atoms with Gasteiger partial charge in [-0.2, -0.15) is 18.0 Å². The highest BCUT2D eigenvalue weighted by Gasteiger charge is 2.30. The number of nitrogens with zero attached hydrogens (tertiary/aromatic N) is 4. The molecule has 0 radical (unpaired) electrons. The molecule has 0 spiro atoms. The topological polar surface area (TPSA) is 94.0 Å². The Morgan fingerprint density at radius 2 is 1.78 bits per heavy atom. The van der Waals surface area contributed by atoms with Crippen LogP contribution in [0.25, 0.3) is 11.4 Å². The van der Waals surface area contributed by atoms with E-state index in [1.165, 1.54) is 24.0 Å². The highest BCUT2D eigenvalue weighted by atomic mass is 32.8. The molecule has 3 aromatic carbocycles. The minimum absolute atomic E-state index is 0.223. The third kappa shape index (κ3) is 6.89. The Kier molecular flexibility index (Phi) is 8.17. The summed E-state index contributed by atoms with van der Waals surface area (Å²) >= 11 is 5.17. The summed E-state index contributed by atoms with van der Waals surface area (Å²) in [5.74, 6) is 0.223. The van der Waals surface area contributed by atoms with Crippen molar-refractivity contribution in [2.45, 2.75) is 24.2 Å². The molecular formula is C24H23F3N6O2S2. The summed E-state index contributed by atoms with van der Waals surface area (Å²) in [7, 11) is -1.46. The van der Waals surface area contributed by atoms with Crippen LogP contribution >= 0.6 is 0 Å². The first-order chi connectivity index (χ1) is 17.7. The Morgan fingerprint density at radius 3 is 2.46 bits per heavy atom. The summed E-state index contributed by atoms with van der Waals surface area (Å²) in [6.45, 7) is 1.14. The summed E-state index contributed by atoms with van der Waals surface area (Å²) in [5.41, 5.74) is 1.61. The zero-order valence-corrected chi connectivity index (χ0v) is 21.2. The number of benzene rings is 3. The number of aromatic nitrogens is 4. The number of nitrogens with one attached hydrogen (secondary N) is 2. The Morgan fingerprint density at radius 1 is 1.05 bits per heavy atom. The number of hydrogen-bond acceptors (Lipinski definition) is 7. The first kappa shape index (κ1) is 26.7. The van der Waals surface area contributed by atoms with E-state index in [-0.39, 0.29) is 5.82 Å². The normalized spacial score (nSPS) is 13.3. The van der Waals surface area contributed by atoms with Gasteiger partial charge in [0.05, 0.1) is 30.2 Å². The van der Waals surface area contributed by atoms with Crippen LogP contribution < -0.4 is 10.0 Å². The predicted molar refractivity (Wildman–Crippen MR) is 137 cm³/mol. The maximum absolute atomic E-state index is 12.9. The smallest absolute Gasteiger partial charge is 0.375 e. The van der Waals surface area contributed by atoms with Crippen molar-refractivity contribution in [2.24, 2.45) is 0 Å². The molecule has 2 N–H and O–H groups in total. The van der Waals surface area contributed by atoms with Gasteiger partial charge in [0.2, 0.25) is 5.82 Å². The minimum Gasteiger partial charge on any atom is -0.375 e. The number of rotatable bonds is 10. The van der Waals surface area contributed by atoms with Gasteiger partial charge in [-0.05, 0) is 60.3 Å². The molecule has 0 saturated carbocycles. The van der Waals surface area contributed by atoms with Crippen molar-refractivity contribution < 1.29 is 22.1 Å². The Bertz CT molecular complexity index is 1440. The number of hydrogen-bond donors (Lipinski definition) is 2. The van der Waals surface area contributed by atoms with Crippen molar-refractivity contribution in [1.29, 1.82) is 0 Å². The summed E-state index contributed by atoms with van der Waals surface area (Å²) < 4.78 is 59.8. The van der Waals surface area contributed by atoms with E-state index in [2.05, 4.69) is 25.4 Å². The summed E-state index contributed by atoms with van der Waals surface area (Å²) in [5, 5.41) is 15.6. The highest BCUT2D eigenvalue weighted by Crippen LogP contribution is 2.33. The first-order valence-electron chi connectivity index (χ1n) is 11.1. The molecule has 194 valence electrons. The Hall–Kier alpha value is -3.39. The fourth-order valence-corrected chi connectivity index (χ4v) is 4.42. The zero-order valence-electron chi connectivity index (χ0n) is 19.6. The molecule has 0 aliphatic rings. The summed E-state index contributed by atoms with van der Waals surface area (Å²) in [6.07, 6.45) is -4.44. The number of ether oxygens (including phenoxy) is 1. The zero-order chi connectivity index (χ0) is 26.5. The fraction of sp³-hybridized carbons (Fsp3) is 0.208. The number of anilines is 2. The van der Waals surface area contributed by atoms with Crippen LogP contribution in [0.2, 0.25) is 0 Å². The fourth-order valence-electron chi connectivity index (χ4n) is 3.36. The van der Waals surface area contributed by atoms with E-state index in [9.17, 15) is 17.4 Å². The van der Waals surface area contributed by atoms with Crippen LogP contribution in [0.4, 0.5) is 24.5 Å². The molecule has 0 saturated heterocycles. The molecule has 0 aliphatic heterocycles. The molecule has 0 amide bonds. The maximum Gasteiger partial charge on any atom is 0.416 e. The van der Waals surface area contributed by atoms with Gasteiger partial charge >= 0.3 is 6.18 Å². The number of halogens is 3. The van der Waals surface area contributed by atoms with E-state index in [0.29, 0.717) is 41.6 Å². The van der Waals surface area contributed by atoms with Crippen molar-refractivity contribution in [3.8, 4) is 11.4 Å². The third-order valence-corrected chi connectivity index (χ3v) is 7.79. The van der Waals surface area contributed by atoms with Gasteiger partial charge in [0, 0.05) is 28.1 Å². The van der Waals surface area contributed by atoms with E-state index < -0.39 is 20.4 Å². The van der Waals surface area contributed by atoms with Crippen LogP contribution in [-0.4, -0.2) is 38.1 Å². The Labute approximate surface area is 216 Å². The standard InChI is InChI=1S/C24H23F3N6O2S2/c1-28-37(34,36)20-11-12-22(29-19-9-7-18(8-10-19)24(25,26)27)21(15-20)23-30-32-33(31-23)13-14-35-16-17-5-3-2-4-6-17/h2-12,15,28-29H,13-14,16H2,1H3. The van der Waals surface area contributed by atoms with Crippen molar-refractivity contribution >= 4 is 31.2 Å². The van der Waals surface area contributed by atoms with Gasteiger partial charge < -0.3 is 10.1 Å². The van der Waals surface area contributed by atoms with E-state index in [4.69, 9.17) is 15.9 Å². The van der Waals surface area contributed by atoms with Gasteiger partial charge in [0.15, 0.2) is 0 Å². The van der Waals surface area contributed by atoms with Gasteiger partial charge in [0.1, 0.15) is 8.68 Å². The average molecular weight is 549 g/mol. The summed E-state index contributed by atoms with van der Waals surface area (Å²) in [4.78, 5) is 1.71. The average Bonchev–Trinajstić information content (AvgIpc) is 3.36. The SMILES string of the molecule is CNS(=O)(=S)c1ccc(Nc2ccc(C(F)(F)F)cc2)c(-c2nnn(CCOCc3ccccc3)n2)c1. The van der Waals surface area contributed by atoms with Crippen LogP contribution in [0.1, 0.15) is 11.1 Å². The molecule has 8 nitrogen and oxygen atoms in total. The van der Waals surface area contributed by atoms with Gasteiger partial charge in [-0.25, -0.2) is 8.93 Å². The monoisotopic (exact) mass is 548 g/mol. The molecule has 13 heteroatoms. The molecule has 4 aromatic rings. The summed E-state index contributed by atoms with van der Waals surface area (Å²) in [6, 6.07) is 19.1. The lowest BCUT2D eigenvalue weighted by Crippen LogP contribution is -2.17. The third-order valence-electron chi connectivity index (χ3n) is 5.30. The molecule has 1 heterocycles. The lowest BCUT2D eigenvalue weighted by atomic mass is 10.1. The number of alkyl halides is 3. The number of tetrazole rings is 1. The van der Waals surface area contributed by atoms with Crippen LogP contribution in [0.3, 0.4) is 0 Å². The van der Waals surface area contributed by atoms with Crippen LogP contribution in [0.5, 0.6) is 0 Å². The largest absolute Gasteiger partial charge is 0.416 e. The van der Waals surface area contributed by atoms with Crippen LogP contribution in [0.15, 0.2) is 77.7 Å². The molecule has 1 unspecified atom stereocenters. The van der Waals surface area contributed by atoms with Gasteiger partial charge in [-0.3, -0.25) is 0 Å². The molecule has 1 atom stereocenters. The Balaban J connectivity index is 1.55. The lowest BCUT2D eigenvalue weighted by molar-refractivity contribution is -0.137. The van der Waals surface area contributed by atoms with E-state index in [0.717, 1.165) is 17.7 Å². The molecule has 0 bridgehead atoms. The maximum atomic E-state index is 12.9. The quantitative estimate of drug-likeness (QED) is 0.281. The lowest BCUT2D eigenvalue weighted by Gasteiger charge is -2.14.